The maximum atomic E-state index is 14.9. The highest BCUT2D eigenvalue weighted by Gasteiger charge is 2.51. The molecule has 40 heavy (non-hydrogen) atoms. The third-order valence-corrected chi connectivity index (χ3v) is 8.79. The van der Waals surface area contributed by atoms with E-state index in [1.54, 1.807) is 6.92 Å². The number of likely N-dealkylation sites (tertiary alicyclic amines) is 2. The molecule has 10 heteroatoms. The Kier molecular flexibility index (Phi) is 6.71. The molecule has 2 aromatic rings. The van der Waals surface area contributed by atoms with Gasteiger partial charge >= 0.3 is 5.97 Å². The number of hydrogen-bond donors (Lipinski definition) is 1. The van der Waals surface area contributed by atoms with Gasteiger partial charge < -0.3 is 19.6 Å². The highest BCUT2D eigenvalue weighted by molar-refractivity contribution is 5.85. The second-order valence-corrected chi connectivity index (χ2v) is 12.0. The Balaban J connectivity index is 1.15. The molecule has 1 spiro atoms. The molecule has 1 saturated carbocycles. The summed E-state index contributed by atoms with van der Waals surface area (Å²) in [5, 5.41) is 13.9. The topological polar surface area (TPSA) is 74.6 Å². The number of aliphatic carboxylic acids is 1. The monoisotopic (exact) mass is 557 g/mol. The molecule has 3 heterocycles. The second-order valence-electron chi connectivity index (χ2n) is 12.0. The number of oxime groups is 1. The Morgan fingerprint density at radius 1 is 1.10 bits per heavy atom. The van der Waals surface area contributed by atoms with Crippen molar-refractivity contribution in [2.75, 3.05) is 32.8 Å². The Morgan fingerprint density at radius 3 is 2.45 bits per heavy atom. The average molecular weight is 558 g/mol. The Labute approximate surface area is 231 Å². The van der Waals surface area contributed by atoms with E-state index in [0.29, 0.717) is 76.0 Å². The van der Waals surface area contributed by atoms with Gasteiger partial charge in [-0.25, -0.2) is 13.2 Å². The Bertz CT molecular complexity index is 1360. The summed E-state index contributed by atoms with van der Waals surface area (Å²) in [5.41, 5.74) is 1.37. The van der Waals surface area contributed by atoms with E-state index < -0.39 is 28.8 Å². The summed E-state index contributed by atoms with van der Waals surface area (Å²) in [7, 11) is 0. The molecule has 7 nitrogen and oxygen atoms in total. The van der Waals surface area contributed by atoms with Gasteiger partial charge in [-0.15, -0.1) is 0 Å². The smallest absolute Gasteiger partial charge is 0.309 e. The van der Waals surface area contributed by atoms with Crippen molar-refractivity contribution in [3.8, 4) is 16.9 Å². The zero-order valence-corrected chi connectivity index (χ0v) is 22.8. The van der Waals surface area contributed by atoms with Gasteiger partial charge in [0.2, 0.25) is 0 Å². The molecule has 3 fully saturated rings. The molecule has 2 saturated heterocycles. The molecule has 0 unspecified atom stereocenters. The molecule has 3 aliphatic heterocycles. The predicted octanol–water partition coefficient (Wildman–Crippen LogP) is 5.52. The molecule has 2 aromatic carbocycles. The fraction of sp³-hybridized carbons (Fsp3) is 0.533. The first-order valence-electron chi connectivity index (χ1n) is 14.0. The number of halogens is 3. The third kappa shape index (κ3) is 4.91. The number of carbonyl (C=O) groups is 1. The third-order valence-electron chi connectivity index (χ3n) is 8.79. The molecule has 0 bridgehead atoms. The molecule has 0 aromatic heterocycles. The first kappa shape index (κ1) is 26.9. The van der Waals surface area contributed by atoms with E-state index in [9.17, 15) is 23.1 Å². The molecule has 0 radical (unpaired) electrons. The Hall–Kier alpha value is -3.27. The van der Waals surface area contributed by atoms with Gasteiger partial charge in [0.25, 0.3) is 0 Å². The molecule has 0 amide bonds. The SMILES string of the molecule is CCOc1cc(CN2CC3(CC(N4CCC(C)(C(=O)O)CC4)=NO3)C2)cc(C2CC2)c1-c1cc(F)c(F)cc1F. The van der Waals surface area contributed by atoms with Crippen LogP contribution in [0.2, 0.25) is 0 Å². The van der Waals surface area contributed by atoms with Crippen LogP contribution in [-0.2, 0) is 16.2 Å². The quantitative estimate of drug-likeness (QED) is 0.452. The summed E-state index contributed by atoms with van der Waals surface area (Å²) < 4.78 is 48.6. The van der Waals surface area contributed by atoms with Crippen LogP contribution in [0, 0.1) is 22.9 Å². The first-order valence-corrected chi connectivity index (χ1v) is 14.0. The fourth-order valence-corrected chi connectivity index (χ4v) is 6.23. The molecule has 1 aliphatic carbocycles. The molecule has 0 atom stereocenters. The van der Waals surface area contributed by atoms with Crippen LogP contribution in [0.15, 0.2) is 29.4 Å². The van der Waals surface area contributed by atoms with Crippen molar-refractivity contribution in [2.45, 2.75) is 64.0 Å². The number of hydrogen-bond acceptors (Lipinski definition) is 6. The summed E-state index contributed by atoms with van der Waals surface area (Å²) in [4.78, 5) is 21.9. The van der Waals surface area contributed by atoms with Crippen LogP contribution in [0.3, 0.4) is 0 Å². The predicted molar refractivity (Wildman–Crippen MR) is 143 cm³/mol. The summed E-state index contributed by atoms with van der Waals surface area (Å²) in [5.74, 6) is -2.27. The van der Waals surface area contributed by atoms with Crippen molar-refractivity contribution in [1.82, 2.24) is 9.80 Å². The summed E-state index contributed by atoms with van der Waals surface area (Å²) in [6.07, 6.45) is 3.76. The lowest BCUT2D eigenvalue weighted by Crippen LogP contribution is -2.61. The van der Waals surface area contributed by atoms with Gasteiger partial charge in [-0.3, -0.25) is 9.69 Å². The van der Waals surface area contributed by atoms with E-state index in [1.807, 2.05) is 19.1 Å². The molecule has 214 valence electrons. The highest BCUT2D eigenvalue weighted by atomic mass is 19.2. The van der Waals surface area contributed by atoms with Gasteiger partial charge in [-0.2, -0.15) is 0 Å². The maximum absolute atomic E-state index is 14.9. The van der Waals surface area contributed by atoms with Crippen LogP contribution in [0.25, 0.3) is 11.1 Å². The molecule has 1 N–H and O–H groups in total. The molecular weight excluding hydrogens is 523 g/mol. The number of piperidine rings is 1. The number of rotatable bonds is 7. The van der Waals surface area contributed by atoms with E-state index in [1.165, 1.54) is 0 Å². The normalized spacial score (nSPS) is 21.6. The zero-order valence-electron chi connectivity index (χ0n) is 22.8. The number of amidine groups is 1. The molecule has 6 rings (SSSR count). The molecule has 4 aliphatic rings. The van der Waals surface area contributed by atoms with Crippen molar-refractivity contribution in [3.05, 3.63) is 52.8 Å². The van der Waals surface area contributed by atoms with Crippen molar-refractivity contribution in [1.29, 1.82) is 0 Å². The number of benzene rings is 2. The van der Waals surface area contributed by atoms with Crippen LogP contribution in [0.4, 0.5) is 13.2 Å². The van der Waals surface area contributed by atoms with Crippen LogP contribution in [0.1, 0.15) is 63.0 Å². The van der Waals surface area contributed by atoms with Crippen LogP contribution >= 0.6 is 0 Å². The van der Waals surface area contributed by atoms with Crippen molar-refractivity contribution >= 4 is 11.8 Å². The lowest BCUT2D eigenvalue weighted by atomic mass is 9.80. The van der Waals surface area contributed by atoms with Crippen LogP contribution < -0.4 is 4.74 Å². The standard InChI is InChI=1S/C30H34F3N3O4/c1-3-39-25-11-18(10-20(19-4-5-19)27(25)21-12-23(32)24(33)13-22(21)31)15-35-16-30(17-35)14-26(34-40-30)36-8-6-29(2,7-9-36)28(37)38/h10-13,19H,3-9,14-17H2,1-2H3,(H,37,38). The largest absolute Gasteiger partial charge is 0.493 e. The van der Waals surface area contributed by atoms with Crippen LogP contribution in [-0.4, -0.2) is 65.1 Å². The van der Waals surface area contributed by atoms with Gasteiger partial charge in [0, 0.05) is 49.9 Å². The number of carboxylic acids is 1. The maximum Gasteiger partial charge on any atom is 0.309 e. The summed E-state index contributed by atoms with van der Waals surface area (Å²) >= 11 is 0. The fourth-order valence-electron chi connectivity index (χ4n) is 6.23. The summed E-state index contributed by atoms with van der Waals surface area (Å²) in [6, 6.07) is 5.44. The number of ether oxygens (including phenoxy) is 1. The van der Waals surface area contributed by atoms with Gasteiger partial charge in [-0.05, 0) is 68.7 Å². The van der Waals surface area contributed by atoms with E-state index >= 15 is 0 Å². The van der Waals surface area contributed by atoms with Crippen LogP contribution in [0.5, 0.6) is 5.75 Å². The van der Waals surface area contributed by atoms with Gasteiger partial charge in [0.1, 0.15) is 17.4 Å². The summed E-state index contributed by atoms with van der Waals surface area (Å²) in [6.45, 7) is 7.34. The van der Waals surface area contributed by atoms with E-state index in [4.69, 9.17) is 9.57 Å². The van der Waals surface area contributed by atoms with E-state index in [0.717, 1.165) is 35.9 Å². The Morgan fingerprint density at radius 2 is 1.80 bits per heavy atom. The average Bonchev–Trinajstić information content (AvgIpc) is 3.65. The lowest BCUT2D eigenvalue weighted by Gasteiger charge is -2.45. The highest BCUT2D eigenvalue weighted by Crippen LogP contribution is 2.49. The number of nitrogens with zero attached hydrogens (tertiary/aromatic N) is 3. The minimum atomic E-state index is -1.21. The lowest BCUT2D eigenvalue weighted by molar-refractivity contribution is -0.150. The van der Waals surface area contributed by atoms with Crippen molar-refractivity contribution < 1.29 is 32.6 Å². The number of carboxylic acid groups (broad SMARTS) is 1. The minimum absolute atomic E-state index is 0.0177. The minimum Gasteiger partial charge on any atom is -0.493 e. The van der Waals surface area contributed by atoms with Gasteiger partial charge in [0.05, 0.1) is 18.4 Å². The second kappa shape index (κ2) is 9.98. The van der Waals surface area contributed by atoms with Crippen molar-refractivity contribution in [3.63, 3.8) is 0 Å². The van der Waals surface area contributed by atoms with E-state index in [-0.39, 0.29) is 17.1 Å². The molecular formula is C30H34F3N3O4. The first-order chi connectivity index (χ1) is 19.1. The van der Waals surface area contributed by atoms with Gasteiger partial charge in [-0.1, -0.05) is 11.2 Å². The van der Waals surface area contributed by atoms with E-state index in [2.05, 4.69) is 15.0 Å². The zero-order chi connectivity index (χ0) is 28.2. The van der Waals surface area contributed by atoms with Crippen molar-refractivity contribution in [2.24, 2.45) is 10.6 Å². The van der Waals surface area contributed by atoms with Gasteiger partial charge in [0.15, 0.2) is 17.2 Å².